The Morgan fingerprint density at radius 1 is 1.09 bits per heavy atom. The quantitative estimate of drug-likeness (QED) is 0.292. The Balaban J connectivity index is 0.00000385. The molecule has 0 aromatic heterocycles. The van der Waals surface area contributed by atoms with Crippen molar-refractivity contribution in [1.82, 2.24) is 15.5 Å². The number of benzene rings is 1. The van der Waals surface area contributed by atoms with Gasteiger partial charge >= 0.3 is 0 Å². The predicted octanol–water partition coefficient (Wildman–Crippen LogP) is 4.83. The first-order valence-corrected chi connectivity index (χ1v) is 12.4. The zero-order chi connectivity index (χ0) is 23.0. The van der Waals surface area contributed by atoms with Gasteiger partial charge in [-0.3, -0.25) is 4.79 Å². The molecule has 186 valence electrons. The van der Waals surface area contributed by atoms with Gasteiger partial charge < -0.3 is 20.3 Å². The van der Waals surface area contributed by atoms with Crippen molar-refractivity contribution in [3.63, 3.8) is 0 Å². The maximum absolute atomic E-state index is 12.7. The molecule has 2 aliphatic heterocycles. The van der Waals surface area contributed by atoms with Gasteiger partial charge in [-0.2, -0.15) is 0 Å². The van der Waals surface area contributed by atoms with E-state index in [1.807, 2.05) is 29.2 Å². The van der Waals surface area contributed by atoms with Crippen LogP contribution in [-0.4, -0.2) is 55.7 Å². The molecule has 0 bridgehead atoms. The molecule has 0 radical (unpaired) electrons. The highest BCUT2D eigenvalue weighted by Gasteiger charge is 2.35. The van der Waals surface area contributed by atoms with Crippen molar-refractivity contribution in [2.24, 2.45) is 16.3 Å². The van der Waals surface area contributed by atoms with Crippen molar-refractivity contribution >= 4 is 35.8 Å². The van der Waals surface area contributed by atoms with E-state index in [4.69, 9.17) is 9.73 Å². The molecule has 1 aromatic rings. The van der Waals surface area contributed by atoms with E-state index >= 15 is 0 Å². The molecule has 2 heterocycles. The number of nitrogens with one attached hydrogen (secondary N) is 2. The first-order valence-electron chi connectivity index (χ1n) is 12.4. The minimum atomic E-state index is 0. The topological polar surface area (TPSA) is 66.0 Å². The van der Waals surface area contributed by atoms with E-state index in [2.05, 4.69) is 38.3 Å². The van der Waals surface area contributed by atoms with E-state index in [1.54, 1.807) is 0 Å². The van der Waals surface area contributed by atoms with E-state index in [-0.39, 0.29) is 41.4 Å². The Bertz CT molecular complexity index is 755. The molecule has 1 aromatic carbocycles. The number of carbonyl (C=O) groups excluding carboxylic acids is 1. The van der Waals surface area contributed by atoms with Gasteiger partial charge in [0.05, 0.1) is 12.6 Å². The maximum atomic E-state index is 12.7. The van der Waals surface area contributed by atoms with Gasteiger partial charge in [-0.25, -0.2) is 4.99 Å². The second kappa shape index (κ2) is 13.5. The molecule has 2 saturated heterocycles. The molecular formula is C26H43IN4O2. The average Bonchev–Trinajstić information content (AvgIpc) is 2.81. The second-order valence-electron chi connectivity index (χ2n) is 10.2. The Hall–Kier alpha value is -1.35. The van der Waals surface area contributed by atoms with E-state index in [1.165, 1.54) is 12.8 Å². The number of aliphatic imine (C=N–C) groups is 1. The van der Waals surface area contributed by atoms with Gasteiger partial charge in [-0.1, -0.05) is 32.9 Å². The molecule has 0 saturated carbocycles. The van der Waals surface area contributed by atoms with Crippen molar-refractivity contribution in [3.8, 4) is 0 Å². The number of ether oxygens (including phenoxy) is 1. The molecule has 2 atom stereocenters. The Morgan fingerprint density at radius 2 is 1.79 bits per heavy atom. The number of hydrogen-bond donors (Lipinski definition) is 2. The van der Waals surface area contributed by atoms with E-state index < -0.39 is 0 Å². The number of halogens is 1. The maximum Gasteiger partial charge on any atom is 0.253 e. The third-order valence-corrected chi connectivity index (χ3v) is 6.44. The highest BCUT2D eigenvalue weighted by molar-refractivity contribution is 14.0. The lowest BCUT2D eigenvalue weighted by molar-refractivity contribution is -0.0835. The number of piperidine rings is 1. The van der Waals surface area contributed by atoms with Gasteiger partial charge in [0, 0.05) is 44.3 Å². The number of rotatable bonds is 6. The van der Waals surface area contributed by atoms with Crippen LogP contribution in [0.2, 0.25) is 0 Å². The largest absolute Gasteiger partial charge is 0.377 e. The van der Waals surface area contributed by atoms with Crippen molar-refractivity contribution in [3.05, 3.63) is 35.4 Å². The molecule has 2 fully saturated rings. The van der Waals surface area contributed by atoms with Crippen LogP contribution in [0.5, 0.6) is 0 Å². The van der Waals surface area contributed by atoms with Crippen LogP contribution in [0.25, 0.3) is 0 Å². The molecule has 2 unspecified atom stereocenters. The lowest BCUT2D eigenvalue weighted by Crippen LogP contribution is -2.47. The molecule has 3 rings (SSSR count). The van der Waals surface area contributed by atoms with Crippen LogP contribution in [0.3, 0.4) is 0 Å². The Kier molecular flexibility index (Phi) is 11.4. The summed E-state index contributed by atoms with van der Waals surface area (Å²) >= 11 is 0. The Labute approximate surface area is 217 Å². The van der Waals surface area contributed by atoms with E-state index in [0.717, 1.165) is 69.1 Å². The van der Waals surface area contributed by atoms with E-state index in [0.29, 0.717) is 12.5 Å². The minimum Gasteiger partial charge on any atom is -0.377 e. The number of carbonyl (C=O) groups is 1. The number of likely N-dealkylation sites (tertiary alicyclic amines) is 1. The molecule has 2 aliphatic rings. The molecule has 33 heavy (non-hydrogen) atoms. The zero-order valence-corrected chi connectivity index (χ0v) is 23.2. The molecule has 7 heteroatoms. The van der Waals surface area contributed by atoms with Crippen LogP contribution >= 0.6 is 24.0 Å². The summed E-state index contributed by atoms with van der Waals surface area (Å²) < 4.78 is 6.12. The van der Waals surface area contributed by atoms with Gasteiger partial charge in [0.15, 0.2) is 5.96 Å². The molecular weight excluding hydrogens is 527 g/mol. The Morgan fingerprint density at radius 3 is 2.42 bits per heavy atom. The van der Waals surface area contributed by atoms with Crippen LogP contribution in [0.4, 0.5) is 0 Å². The van der Waals surface area contributed by atoms with Gasteiger partial charge in [0.25, 0.3) is 5.91 Å². The average molecular weight is 571 g/mol. The van der Waals surface area contributed by atoms with Crippen LogP contribution in [0.1, 0.15) is 75.7 Å². The fraction of sp³-hybridized carbons (Fsp3) is 0.692. The monoisotopic (exact) mass is 570 g/mol. The fourth-order valence-corrected chi connectivity index (χ4v) is 4.78. The minimum absolute atomic E-state index is 0. The number of nitrogens with zero attached hydrogens (tertiary/aromatic N) is 2. The summed E-state index contributed by atoms with van der Waals surface area (Å²) in [4.78, 5) is 19.4. The zero-order valence-electron chi connectivity index (χ0n) is 20.9. The summed E-state index contributed by atoms with van der Waals surface area (Å²) in [6, 6.07) is 7.93. The predicted molar refractivity (Wildman–Crippen MR) is 146 cm³/mol. The summed E-state index contributed by atoms with van der Waals surface area (Å²) in [6.07, 6.45) is 6.02. The van der Waals surface area contributed by atoms with Gasteiger partial charge in [-0.05, 0) is 62.1 Å². The van der Waals surface area contributed by atoms with Crippen LogP contribution in [0.15, 0.2) is 29.3 Å². The molecule has 0 aliphatic carbocycles. The lowest BCUT2D eigenvalue weighted by atomic mass is 9.78. The standard InChI is InChI=1S/C26H42N4O2.HI/c1-5-27-25(29-19-22-10-9-17-32-23(22)26(2,3)4)28-18-20-11-13-21(14-12-20)24(31)30-15-7-6-8-16-30;/h11-14,22-23H,5-10,15-19H2,1-4H3,(H2,27,28,29);1H. The van der Waals surface area contributed by atoms with E-state index in [9.17, 15) is 4.79 Å². The van der Waals surface area contributed by atoms with Gasteiger partial charge in [-0.15, -0.1) is 24.0 Å². The van der Waals surface area contributed by atoms with Crippen molar-refractivity contribution in [2.75, 3.05) is 32.8 Å². The molecule has 6 nitrogen and oxygen atoms in total. The SMILES string of the molecule is CCNC(=NCc1ccc(C(=O)N2CCCCC2)cc1)NCC1CCCOC1C(C)(C)C.I. The summed E-state index contributed by atoms with van der Waals surface area (Å²) in [7, 11) is 0. The third-order valence-electron chi connectivity index (χ3n) is 6.44. The lowest BCUT2D eigenvalue weighted by Gasteiger charge is -2.40. The van der Waals surface area contributed by atoms with Crippen molar-refractivity contribution < 1.29 is 9.53 Å². The van der Waals surface area contributed by atoms with Gasteiger partial charge in [0.2, 0.25) is 0 Å². The summed E-state index contributed by atoms with van der Waals surface area (Å²) in [5.41, 5.74) is 2.01. The summed E-state index contributed by atoms with van der Waals surface area (Å²) in [6.45, 7) is 13.7. The third kappa shape index (κ3) is 8.42. The smallest absolute Gasteiger partial charge is 0.253 e. The first-order chi connectivity index (χ1) is 15.4. The number of hydrogen-bond acceptors (Lipinski definition) is 3. The highest BCUT2D eigenvalue weighted by atomic mass is 127. The van der Waals surface area contributed by atoms with Crippen LogP contribution in [0, 0.1) is 11.3 Å². The van der Waals surface area contributed by atoms with Crippen molar-refractivity contribution in [1.29, 1.82) is 0 Å². The number of amides is 1. The normalized spacial score (nSPS) is 21.8. The summed E-state index contributed by atoms with van der Waals surface area (Å²) in [5, 5.41) is 6.89. The molecule has 1 amide bonds. The molecule has 2 N–H and O–H groups in total. The van der Waals surface area contributed by atoms with Gasteiger partial charge in [0.1, 0.15) is 0 Å². The molecule has 0 spiro atoms. The highest BCUT2D eigenvalue weighted by Crippen LogP contribution is 2.33. The van der Waals surface area contributed by atoms with Crippen LogP contribution < -0.4 is 10.6 Å². The summed E-state index contributed by atoms with van der Waals surface area (Å²) in [5.74, 6) is 1.46. The van der Waals surface area contributed by atoms with Crippen LogP contribution in [-0.2, 0) is 11.3 Å². The fourth-order valence-electron chi connectivity index (χ4n) is 4.78. The number of guanidine groups is 1. The van der Waals surface area contributed by atoms with Crippen molar-refractivity contribution in [2.45, 2.75) is 72.4 Å². The second-order valence-corrected chi connectivity index (χ2v) is 10.2. The first kappa shape index (κ1) is 27.9.